The van der Waals surface area contributed by atoms with Crippen LogP contribution in [-0.4, -0.2) is 41.7 Å². The minimum Gasteiger partial charge on any atom is -0.322 e. The molecule has 0 radical (unpaired) electrons. The van der Waals surface area contributed by atoms with Gasteiger partial charge < -0.3 is 10.3 Å². The van der Waals surface area contributed by atoms with Gasteiger partial charge in [-0.05, 0) is 37.3 Å². The lowest BCUT2D eigenvalue weighted by molar-refractivity contribution is 0.102. The first kappa shape index (κ1) is 23.8. The number of rotatable bonds is 7. The van der Waals surface area contributed by atoms with Crippen LogP contribution in [0.2, 0.25) is 0 Å². The Hall–Kier alpha value is -3.34. The van der Waals surface area contributed by atoms with Gasteiger partial charge in [-0.25, -0.2) is 13.4 Å². The maximum absolute atomic E-state index is 13.2. The zero-order valence-electron chi connectivity index (χ0n) is 19.0. The van der Waals surface area contributed by atoms with Gasteiger partial charge in [0.2, 0.25) is 15.6 Å². The third kappa shape index (κ3) is 4.65. The number of anilines is 1. The highest BCUT2D eigenvalue weighted by molar-refractivity contribution is 7.89. The standard InChI is InChI=1S/C24H24N4O4S2/c1-4-28(5-2)34(31,32)18-9-10-21-19(12-18)20(13-23(29)27-21)24(30)26-17-8-6-7-16(11-17)22-14-33-15(3)25-22/h6-14H,4-5H2,1-3H3,(H,26,30)(H,27,29). The van der Waals surface area contributed by atoms with E-state index in [-0.39, 0.29) is 10.5 Å². The molecular formula is C24H24N4O4S2. The fourth-order valence-electron chi connectivity index (χ4n) is 3.74. The highest BCUT2D eigenvalue weighted by Crippen LogP contribution is 2.26. The van der Waals surface area contributed by atoms with Gasteiger partial charge >= 0.3 is 0 Å². The number of aromatic nitrogens is 2. The van der Waals surface area contributed by atoms with E-state index in [1.807, 2.05) is 24.4 Å². The smallest absolute Gasteiger partial charge is 0.256 e. The second-order valence-corrected chi connectivity index (χ2v) is 10.6. The average Bonchev–Trinajstić information content (AvgIpc) is 3.25. The number of pyridine rings is 1. The number of thiazole rings is 1. The summed E-state index contributed by atoms with van der Waals surface area (Å²) in [6, 6.07) is 12.8. The monoisotopic (exact) mass is 496 g/mol. The van der Waals surface area contributed by atoms with E-state index < -0.39 is 21.5 Å². The molecule has 4 rings (SSSR count). The van der Waals surface area contributed by atoms with E-state index in [1.54, 1.807) is 26.0 Å². The zero-order valence-corrected chi connectivity index (χ0v) is 20.6. The number of nitrogens with zero attached hydrogens (tertiary/aromatic N) is 2. The van der Waals surface area contributed by atoms with E-state index in [9.17, 15) is 18.0 Å². The first-order valence-corrected chi connectivity index (χ1v) is 13.1. The van der Waals surface area contributed by atoms with Crippen molar-refractivity contribution >= 4 is 43.9 Å². The molecule has 0 fully saturated rings. The molecule has 0 bridgehead atoms. The maximum atomic E-state index is 13.2. The van der Waals surface area contributed by atoms with Gasteiger partial charge in [0, 0.05) is 46.7 Å². The van der Waals surface area contributed by atoms with Crippen LogP contribution in [0, 0.1) is 6.92 Å². The highest BCUT2D eigenvalue weighted by atomic mass is 32.2. The SMILES string of the molecule is CCN(CC)S(=O)(=O)c1ccc2[nH]c(=O)cc(C(=O)Nc3cccc(-c4csc(C)n4)c3)c2c1. The number of hydrogen-bond acceptors (Lipinski definition) is 6. The molecule has 10 heteroatoms. The topological polar surface area (TPSA) is 112 Å². The summed E-state index contributed by atoms with van der Waals surface area (Å²) >= 11 is 1.54. The van der Waals surface area contributed by atoms with Crippen molar-refractivity contribution in [1.29, 1.82) is 0 Å². The predicted molar refractivity (Wildman–Crippen MR) is 135 cm³/mol. The van der Waals surface area contributed by atoms with Gasteiger partial charge in [0.1, 0.15) is 0 Å². The van der Waals surface area contributed by atoms with Crippen LogP contribution in [-0.2, 0) is 10.0 Å². The third-order valence-electron chi connectivity index (χ3n) is 5.44. The number of fused-ring (bicyclic) bond motifs is 1. The summed E-state index contributed by atoms with van der Waals surface area (Å²) in [6.07, 6.45) is 0. The van der Waals surface area contributed by atoms with Crippen LogP contribution in [0.4, 0.5) is 5.69 Å². The third-order valence-corrected chi connectivity index (χ3v) is 8.26. The lowest BCUT2D eigenvalue weighted by Crippen LogP contribution is -2.30. The molecule has 0 atom stereocenters. The summed E-state index contributed by atoms with van der Waals surface area (Å²) in [5.41, 5.74) is 2.21. The quantitative estimate of drug-likeness (QED) is 0.397. The molecule has 8 nitrogen and oxygen atoms in total. The highest BCUT2D eigenvalue weighted by Gasteiger charge is 2.23. The molecule has 0 aliphatic rings. The molecule has 1 amide bonds. The molecule has 34 heavy (non-hydrogen) atoms. The molecular weight excluding hydrogens is 472 g/mol. The Bertz CT molecular complexity index is 1540. The van der Waals surface area contributed by atoms with Gasteiger partial charge in [0.05, 0.1) is 21.2 Å². The number of aryl methyl sites for hydroxylation is 1. The molecule has 0 aliphatic heterocycles. The number of carbonyl (C=O) groups is 1. The summed E-state index contributed by atoms with van der Waals surface area (Å²) in [5, 5.41) is 6.05. The Balaban J connectivity index is 1.74. The first-order valence-electron chi connectivity index (χ1n) is 10.7. The zero-order chi connectivity index (χ0) is 24.5. The van der Waals surface area contributed by atoms with Gasteiger partial charge in [0.15, 0.2) is 0 Å². The molecule has 0 unspecified atom stereocenters. The Morgan fingerprint density at radius 1 is 1.12 bits per heavy atom. The fourth-order valence-corrected chi connectivity index (χ4v) is 5.85. The number of aromatic amines is 1. The molecule has 0 saturated carbocycles. The van der Waals surface area contributed by atoms with Crippen molar-refractivity contribution in [3.05, 3.63) is 74.8 Å². The van der Waals surface area contributed by atoms with Crippen molar-refractivity contribution in [1.82, 2.24) is 14.3 Å². The average molecular weight is 497 g/mol. The van der Waals surface area contributed by atoms with E-state index in [0.717, 1.165) is 16.3 Å². The fraction of sp³-hybridized carbons (Fsp3) is 0.208. The number of carbonyl (C=O) groups excluding carboxylic acids is 1. The molecule has 0 spiro atoms. The van der Waals surface area contributed by atoms with Crippen LogP contribution in [0.25, 0.3) is 22.2 Å². The Morgan fingerprint density at radius 3 is 2.56 bits per heavy atom. The first-order chi connectivity index (χ1) is 16.2. The van der Waals surface area contributed by atoms with Crippen molar-refractivity contribution in [2.45, 2.75) is 25.7 Å². The van der Waals surface area contributed by atoms with Crippen molar-refractivity contribution < 1.29 is 13.2 Å². The van der Waals surface area contributed by atoms with Crippen molar-refractivity contribution in [3.8, 4) is 11.3 Å². The lowest BCUT2D eigenvalue weighted by Gasteiger charge is -2.19. The van der Waals surface area contributed by atoms with Crippen molar-refractivity contribution in [3.63, 3.8) is 0 Å². The molecule has 176 valence electrons. The van der Waals surface area contributed by atoms with Crippen LogP contribution >= 0.6 is 11.3 Å². The van der Waals surface area contributed by atoms with Crippen LogP contribution in [0.3, 0.4) is 0 Å². The van der Waals surface area contributed by atoms with Crippen LogP contribution in [0.15, 0.2) is 63.6 Å². The number of H-pyrrole nitrogens is 1. The Labute approximate surface area is 201 Å². The van der Waals surface area contributed by atoms with E-state index >= 15 is 0 Å². The van der Waals surface area contributed by atoms with Gasteiger partial charge in [-0.2, -0.15) is 4.31 Å². The van der Waals surface area contributed by atoms with Gasteiger partial charge in [-0.3, -0.25) is 9.59 Å². The maximum Gasteiger partial charge on any atom is 0.256 e. The second kappa shape index (κ2) is 9.49. The number of nitrogens with one attached hydrogen (secondary N) is 2. The molecule has 2 aromatic carbocycles. The van der Waals surface area contributed by atoms with Crippen LogP contribution in [0.5, 0.6) is 0 Å². The van der Waals surface area contributed by atoms with Gasteiger partial charge in [-0.1, -0.05) is 26.0 Å². The summed E-state index contributed by atoms with van der Waals surface area (Å²) in [6.45, 7) is 6.10. The largest absolute Gasteiger partial charge is 0.322 e. The van der Waals surface area contributed by atoms with Crippen molar-refractivity contribution in [2.24, 2.45) is 0 Å². The molecule has 4 aromatic rings. The molecule has 2 heterocycles. The molecule has 2 aromatic heterocycles. The van der Waals surface area contributed by atoms with Gasteiger partial charge in [0.25, 0.3) is 5.91 Å². The van der Waals surface area contributed by atoms with E-state index in [2.05, 4.69) is 15.3 Å². The summed E-state index contributed by atoms with van der Waals surface area (Å²) in [7, 11) is -3.73. The molecule has 2 N–H and O–H groups in total. The van der Waals surface area contributed by atoms with E-state index in [4.69, 9.17) is 0 Å². The van der Waals surface area contributed by atoms with Crippen LogP contribution in [0.1, 0.15) is 29.2 Å². The predicted octanol–water partition coefficient (Wildman–Crippen LogP) is 4.24. The molecule has 0 aliphatic carbocycles. The number of hydrogen-bond donors (Lipinski definition) is 2. The van der Waals surface area contributed by atoms with E-state index in [1.165, 1.54) is 39.9 Å². The minimum absolute atomic E-state index is 0.0608. The Morgan fingerprint density at radius 2 is 1.88 bits per heavy atom. The molecule has 0 saturated heterocycles. The number of sulfonamides is 1. The lowest BCUT2D eigenvalue weighted by atomic mass is 10.1. The summed E-state index contributed by atoms with van der Waals surface area (Å²) < 4.78 is 27.3. The summed E-state index contributed by atoms with van der Waals surface area (Å²) in [5.74, 6) is -0.514. The van der Waals surface area contributed by atoms with Crippen LogP contribution < -0.4 is 10.9 Å². The second-order valence-electron chi connectivity index (χ2n) is 7.63. The van der Waals surface area contributed by atoms with Crippen molar-refractivity contribution in [2.75, 3.05) is 18.4 Å². The number of benzene rings is 2. The summed E-state index contributed by atoms with van der Waals surface area (Å²) in [4.78, 5) is 32.6. The van der Waals surface area contributed by atoms with Gasteiger partial charge in [-0.15, -0.1) is 11.3 Å². The number of amides is 1. The van der Waals surface area contributed by atoms with E-state index in [0.29, 0.717) is 29.7 Å². The Kier molecular flexibility index (Phi) is 6.65. The minimum atomic E-state index is -3.73. The normalized spacial score (nSPS) is 11.8.